The number of hydrogen-bond donors (Lipinski definition) is 0. The number of fused-ring (bicyclic) bond motifs is 1. The van der Waals surface area contributed by atoms with Gasteiger partial charge in [0.25, 0.3) is 6.73 Å². The van der Waals surface area contributed by atoms with Gasteiger partial charge in [0.1, 0.15) is 5.75 Å². The van der Waals surface area contributed by atoms with E-state index >= 15 is 0 Å². The summed E-state index contributed by atoms with van der Waals surface area (Å²) in [6.45, 7) is 9.86. The van der Waals surface area contributed by atoms with Crippen molar-refractivity contribution >= 4 is 6.21 Å². The zero-order valence-electron chi connectivity index (χ0n) is 17.2. The maximum absolute atomic E-state index is 6.45. The lowest BCUT2D eigenvalue weighted by atomic mass is 9.76. The minimum atomic E-state index is -0.0901. The van der Waals surface area contributed by atoms with Crippen molar-refractivity contribution in [1.82, 2.24) is 0 Å². The van der Waals surface area contributed by atoms with Crippen LogP contribution >= 0.6 is 0 Å². The molecule has 0 saturated heterocycles. The minimum absolute atomic E-state index is 0.0901. The molecule has 1 aliphatic carbocycles. The van der Waals surface area contributed by atoms with E-state index in [9.17, 15) is 0 Å². The van der Waals surface area contributed by atoms with Crippen molar-refractivity contribution < 1.29 is 9.31 Å². The van der Waals surface area contributed by atoms with Crippen LogP contribution in [-0.2, 0) is 5.41 Å². The van der Waals surface area contributed by atoms with E-state index in [4.69, 9.17) is 4.74 Å². The van der Waals surface area contributed by atoms with Crippen LogP contribution in [-0.4, -0.2) is 23.6 Å². The molecule has 2 unspecified atom stereocenters. The first-order chi connectivity index (χ1) is 13.0. The molecular weight excluding hydrogens is 330 g/mol. The SMILES string of the molecule is Cc1ccc(C(C)(C)c2ccccc2)c2c1C=[N+](C1CCCCC1C)CO2. The van der Waals surface area contributed by atoms with E-state index in [1.165, 1.54) is 47.9 Å². The Hall–Kier alpha value is -2.09. The van der Waals surface area contributed by atoms with Crippen molar-refractivity contribution in [2.45, 2.75) is 64.8 Å². The fourth-order valence-electron chi connectivity index (χ4n) is 4.84. The Balaban J connectivity index is 1.76. The molecule has 1 aliphatic heterocycles. The molecule has 0 bridgehead atoms. The zero-order valence-corrected chi connectivity index (χ0v) is 17.2. The van der Waals surface area contributed by atoms with Gasteiger partial charge >= 0.3 is 0 Å². The van der Waals surface area contributed by atoms with Crippen molar-refractivity contribution in [3.05, 3.63) is 64.7 Å². The van der Waals surface area contributed by atoms with Crippen molar-refractivity contribution in [3.8, 4) is 5.75 Å². The molecule has 0 spiro atoms. The summed E-state index contributed by atoms with van der Waals surface area (Å²) in [5.74, 6) is 1.81. The van der Waals surface area contributed by atoms with Gasteiger partial charge in [-0.05, 0) is 30.9 Å². The summed E-state index contributed by atoms with van der Waals surface area (Å²) in [6, 6.07) is 15.9. The summed E-state index contributed by atoms with van der Waals surface area (Å²) in [4.78, 5) is 0. The summed E-state index contributed by atoms with van der Waals surface area (Å²) in [5, 5.41) is 0. The van der Waals surface area contributed by atoms with Gasteiger partial charge in [-0.25, -0.2) is 0 Å². The first-order valence-electron chi connectivity index (χ1n) is 10.4. The van der Waals surface area contributed by atoms with Gasteiger partial charge in [-0.15, -0.1) is 0 Å². The first kappa shape index (κ1) is 18.3. The van der Waals surface area contributed by atoms with Gasteiger partial charge in [0, 0.05) is 23.3 Å². The van der Waals surface area contributed by atoms with Gasteiger partial charge in [-0.1, -0.05) is 69.7 Å². The molecule has 2 aliphatic rings. The standard InChI is InChI=1S/C25H32NO/c1-18-14-15-22(25(3,4)20-11-6-5-7-12-20)24-21(18)16-26(17-27-24)23-13-9-8-10-19(23)2/h5-7,11-12,14-16,19,23H,8-10,13,17H2,1-4H3/q+1. The quantitative estimate of drug-likeness (QED) is 0.640. The average Bonchev–Trinajstić information content (AvgIpc) is 2.69. The highest BCUT2D eigenvalue weighted by Gasteiger charge is 2.35. The molecule has 1 heterocycles. The molecule has 142 valence electrons. The van der Waals surface area contributed by atoms with Crippen molar-refractivity contribution in [3.63, 3.8) is 0 Å². The lowest BCUT2D eigenvalue weighted by molar-refractivity contribution is -0.601. The Morgan fingerprint density at radius 1 is 1.00 bits per heavy atom. The summed E-state index contributed by atoms with van der Waals surface area (Å²) in [6.07, 6.45) is 7.71. The van der Waals surface area contributed by atoms with Crippen LogP contribution in [0.1, 0.15) is 68.7 Å². The van der Waals surface area contributed by atoms with Crippen molar-refractivity contribution in [1.29, 1.82) is 0 Å². The second-order valence-corrected chi connectivity index (χ2v) is 8.91. The molecule has 2 heteroatoms. The first-order valence-corrected chi connectivity index (χ1v) is 10.4. The average molecular weight is 363 g/mol. The Kier molecular flexibility index (Phi) is 4.84. The van der Waals surface area contributed by atoms with E-state index in [1.54, 1.807) is 0 Å². The monoisotopic (exact) mass is 362 g/mol. The van der Waals surface area contributed by atoms with Crippen LogP contribution in [0.25, 0.3) is 0 Å². The van der Waals surface area contributed by atoms with Gasteiger partial charge < -0.3 is 4.74 Å². The normalized spacial score (nSPS) is 22.6. The van der Waals surface area contributed by atoms with Gasteiger partial charge in [0.15, 0.2) is 12.3 Å². The van der Waals surface area contributed by atoms with Gasteiger partial charge in [0.2, 0.25) is 0 Å². The maximum atomic E-state index is 6.45. The second-order valence-electron chi connectivity index (χ2n) is 8.91. The molecule has 0 aromatic heterocycles. The van der Waals surface area contributed by atoms with Crippen LogP contribution in [0.3, 0.4) is 0 Å². The fourth-order valence-corrected chi connectivity index (χ4v) is 4.84. The number of nitrogens with zero attached hydrogens (tertiary/aromatic N) is 1. The van der Waals surface area contributed by atoms with E-state index in [0.29, 0.717) is 12.8 Å². The van der Waals surface area contributed by atoms with Gasteiger partial charge in [-0.2, -0.15) is 4.58 Å². The third-order valence-corrected chi connectivity index (χ3v) is 6.73. The molecule has 27 heavy (non-hydrogen) atoms. The molecule has 0 radical (unpaired) electrons. The summed E-state index contributed by atoms with van der Waals surface area (Å²) < 4.78 is 8.91. The highest BCUT2D eigenvalue weighted by molar-refractivity contribution is 5.84. The summed E-state index contributed by atoms with van der Waals surface area (Å²) >= 11 is 0. The predicted molar refractivity (Wildman–Crippen MR) is 112 cm³/mol. The minimum Gasteiger partial charge on any atom is -0.435 e. The van der Waals surface area contributed by atoms with Crippen LogP contribution in [0, 0.1) is 12.8 Å². The van der Waals surface area contributed by atoms with Crippen molar-refractivity contribution in [2.75, 3.05) is 6.73 Å². The van der Waals surface area contributed by atoms with Crippen LogP contribution in [0.5, 0.6) is 5.75 Å². The lowest BCUT2D eigenvalue weighted by Gasteiger charge is -2.32. The largest absolute Gasteiger partial charge is 0.435 e. The highest BCUT2D eigenvalue weighted by Crippen LogP contribution is 2.41. The molecule has 2 aromatic rings. The van der Waals surface area contributed by atoms with E-state index in [0.717, 1.165) is 11.7 Å². The topological polar surface area (TPSA) is 12.2 Å². The van der Waals surface area contributed by atoms with Gasteiger partial charge in [-0.3, -0.25) is 0 Å². The smallest absolute Gasteiger partial charge is 0.287 e. The molecule has 1 fully saturated rings. The number of hydrogen-bond acceptors (Lipinski definition) is 1. The van der Waals surface area contributed by atoms with Gasteiger partial charge in [0.05, 0.1) is 5.56 Å². The zero-order chi connectivity index (χ0) is 19.0. The Morgan fingerprint density at radius 2 is 1.74 bits per heavy atom. The third kappa shape index (κ3) is 3.31. The number of rotatable bonds is 3. The lowest BCUT2D eigenvalue weighted by Crippen LogP contribution is -2.40. The number of benzene rings is 2. The molecule has 4 rings (SSSR count). The maximum Gasteiger partial charge on any atom is 0.287 e. The molecular formula is C25H32NO+. The molecule has 0 amide bonds. The van der Waals surface area contributed by atoms with Crippen LogP contribution in [0.4, 0.5) is 0 Å². The number of aryl methyl sites for hydroxylation is 1. The Morgan fingerprint density at radius 3 is 2.48 bits per heavy atom. The molecule has 0 N–H and O–H groups in total. The molecule has 2 aromatic carbocycles. The summed E-state index contributed by atoms with van der Waals surface area (Å²) in [7, 11) is 0. The highest BCUT2D eigenvalue weighted by atomic mass is 16.5. The predicted octanol–water partition coefficient (Wildman–Crippen LogP) is 5.68. The van der Waals surface area contributed by atoms with Crippen molar-refractivity contribution in [2.24, 2.45) is 5.92 Å². The molecule has 2 nitrogen and oxygen atoms in total. The van der Waals surface area contributed by atoms with E-state index in [-0.39, 0.29) is 5.41 Å². The van der Waals surface area contributed by atoms with Crippen LogP contribution in [0.15, 0.2) is 42.5 Å². The molecule has 2 atom stereocenters. The Labute approximate surface area is 163 Å². The fraction of sp³-hybridized carbons (Fsp3) is 0.480. The van der Waals surface area contributed by atoms with E-state index in [2.05, 4.69) is 80.9 Å². The number of ether oxygens (including phenoxy) is 1. The second kappa shape index (κ2) is 7.14. The Bertz CT molecular complexity index is 850. The van der Waals surface area contributed by atoms with Crippen LogP contribution in [0.2, 0.25) is 0 Å². The third-order valence-electron chi connectivity index (χ3n) is 6.73. The van der Waals surface area contributed by atoms with Crippen LogP contribution < -0.4 is 4.74 Å². The summed E-state index contributed by atoms with van der Waals surface area (Å²) in [5.41, 5.74) is 5.07. The van der Waals surface area contributed by atoms with E-state index in [1.807, 2.05) is 0 Å². The van der Waals surface area contributed by atoms with E-state index < -0.39 is 0 Å². The molecule has 1 saturated carbocycles.